The Bertz CT molecular complexity index is 1370. The van der Waals surface area contributed by atoms with Gasteiger partial charge in [-0.1, -0.05) is 35.9 Å². The Morgan fingerprint density at radius 2 is 1.59 bits per heavy atom. The quantitative estimate of drug-likeness (QED) is 0.436. The highest BCUT2D eigenvalue weighted by Crippen LogP contribution is 2.33. The first-order valence-corrected chi connectivity index (χ1v) is 12.5. The summed E-state index contributed by atoms with van der Waals surface area (Å²) < 4.78 is 42.2. The molecule has 8 nitrogen and oxygen atoms in total. The van der Waals surface area contributed by atoms with E-state index in [1.54, 1.807) is 11.8 Å². The lowest BCUT2D eigenvalue weighted by Crippen LogP contribution is -2.51. The number of nitrogens with zero attached hydrogens (tertiary/aromatic N) is 3. The number of halogens is 3. The summed E-state index contributed by atoms with van der Waals surface area (Å²) >= 11 is 0. The van der Waals surface area contributed by atoms with Crippen molar-refractivity contribution in [2.24, 2.45) is 5.73 Å². The molecule has 2 heterocycles. The predicted octanol–water partition coefficient (Wildman–Crippen LogP) is 4.30. The number of urea groups is 1. The van der Waals surface area contributed by atoms with Crippen molar-refractivity contribution in [3.05, 3.63) is 88.2 Å². The molecule has 1 aliphatic rings. The molecule has 11 heteroatoms. The third-order valence-corrected chi connectivity index (χ3v) is 6.90. The molecule has 0 saturated carbocycles. The molecule has 1 aliphatic heterocycles. The van der Waals surface area contributed by atoms with Crippen molar-refractivity contribution in [2.75, 3.05) is 38.0 Å². The normalized spacial score (nSPS) is 14.3. The number of carbonyl (C=O) groups is 3. The number of ketones is 1. The average molecular weight is 542 g/mol. The first-order valence-electron chi connectivity index (χ1n) is 12.5. The van der Waals surface area contributed by atoms with Crippen LogP contribution in [-0.2, 0) is 12.7 Å². The van der Waals surface area contributed by atoms with E-state index >= 15 is 0 Å². The van der Waals surface area contributed by atoms with E-state index in [9.17, 15) is 27.6 Å². The Balaban J connectivity index is 1.46. The molecule has 3 amide bonds. The van der Waals surface area contributed by atoms with Gasteiger partial charge in [-0.2, -0.15) is 13.2 Å². The van der Waals surface area contributed by atoms with Crippen LogP contribution in [0.2, 0.25) is 0 Å². The van der Waals surface area contributed by atoms with E-state index in [1.165, 1.54) is 28.8 Å². The number of primary amides is 1. The Labute approximate surface area is 224 Å². The van der Waals surface area contributed by atoms with Gasteiger partial charge in [0.1, 0.15) is 0 Å². The lowest BCUT2D eigenvalue weighted by molar-refractivity contribution is -0.138. The first kappa shape index (κ1) is 27.9. The predicted molar refractivity (Wildman–Crippen MR) is 141 cm³/mol. The minimum atomic E-state index is -4.57. The molecule has 0 aliphatic carbocycles. The van der Waals surface area contributed by atoms with Gasteiger partial charge in [-0.05, 0) is 43.7 Å². The Morgan fingerprint density at radius 3 is 2.21 bits per heavy atom. The zero-order chi connectivity index (χ0) is 28.3. The number of amides is 3. The molecule has 206 valence electrons. The molecule has 0 radical (unpaired) electrons. The SMILES string of the molecule is Cc1ccc(NC(=O)N2CCN(CC(=O)c3cc(C(N)=O)c(C)n3Cc3ccccc3C(F)(F)F)CC2)cc1. The molecule has 3 aromatic rings. The van der Waals surface area contributed by atoms with Crippen LogP contribution in [0.15, 0.2) is 54.6 Å². The maximum atomic E-state index is 13.6. The van der Waals surface area contributed by atoms with Gasteiger partial charge in [-0.25, -0.2) is 4.79 Å². The van der Waals surface area contributed by atoms with Crippen LogP contribution >= 0.6 is 0 Å². The fourth-order valence-electron chi connectivity index (χ4n) is 4.67. The summed E-state index contributed by atoms with van der Waals surface area (Å²) in [6, 6.07) is 13.7. The van der Waals surface area contributed by atoms with Crippen LogP contribution in [0.5, 0.6) is 0 Å². The van der Waals surface area contributed by atoms with E-state index in [1.807, 2.05) is 36.1 Å². The topological polar surface area (TPSA) is 101 Å². The highest BCUT2D eigenvalue weighted by molar-refractivity contribution is 6.01. The molecular formula is C28H30F3N5O3. The van der Waals surface area contributed by atoms with Crippen LogP contribution in [0.4, 0.5) is 23.7 Å². The lowest BCUT2D eigenvalue weighted by Gasteiger charge is -2.34. The molecule has 0 spiro atoms. The number of nitrogens with one attached hydrogen (secondary N) is 1. The molecule has 0 bridgehead atoms. The largest absolute Gasteiger partial charge is 0.416 e. The van der Waals surface area contributed by atoms with Gasteiger partial charge < -0.3 is 20.5 Å². The summed E-state index contributed by atoms with van der Waals surface area (Å²) in [6.45, 7) is 4.92. The number of hydrogen-bond acceptors (Lipinski definition) is 4. The number of rotatable bonds is 7. The van der Waals surface area contributed by atoms with Gasteiger partial charge in [0.15, 0.2) is 5.78 Å². The highest BCUT2D eigenvalue weighted by atomic mass is 19.4. The van der Waals surface area contributed by atoms with Crippen molar-refractivity contribution < 1.29 is 27.6 Å². The summed E-state index contributed by atoms with van der Waals surface area (Å²) in [5.74, 6) is -1.12. The third kappa shape index (κ3) is 6.48. The van der Waals surface area contributed by atoms with Gasteiger partial charge in [-0.15, -0.1) is 0 Å². The van der Waals surface area contributed by atoms with Gasteiger partial charge in [0.05, 0.1) is 23.4 Å². The van der Waals surface area contributed by atoms with Crippen molar-refractivity contribution >= 4 is 23.4 Å². The van der Waals surface area contributed by atoms with Crippen LogP contribution in [-0.4, -0.2) is 64.8 Å². The van der Waals surface area contributed by atoms with Crippen LogP contribution in [0.25, 0.3) is 0 Å². The van der Waals surface area contributed by atoms with E-state index in [2.05, 4.69) is 5.32 Å². The van der Waals surface area contributed by atoms with Crippen molar-refractivity contribution in [1.82, 2.24) is 14.4 Å². The zero-order valence-electron chi connectivity index (χ0n) is 21.7. The van der Waals surface area contributed by atoms with Gasteiger partial charge >= 0.3 is 12.2 Å². The minimum Gasteiger partial charge on any atom is -0.366 e. The van der Waals surface area contributed by atoms with Crippen LogP contribution in [0.1, 0.15) is 43.2 Å². The Morgan fingerprint density at radius 1 is 0.949 bits per heavy atom. The van der Waals surface area contributed by atoms with E-state index < -0.39 is 17.6 Å². The van der Waals surface area contributed by atoms with E-state index in [0.29, 0.717) is 37.6 Å². The van der Waals surface area contributed by atoms with Crippen molar-refractivity contribution in [2.45, 2.75) is 26.6 Å². The maximum absolute atomic E-state index is 13.6. The molecule has 0 atom stereocenters. The second kappa shape index (κ2) is 11.3. The number of nitrogens with two attached hydrogens (primary N) is 1. The van der Waals surface area contributed by atoms with E-state index in [4.69, 9.17) is 5.73 Å². The van der Waals surface area contributed by atoms with Gasteiger partial charge in [0, 0.05) is 44.1 Å². The molecule has 2 aromatic carbocycles. The van der Waals surface area contributed by atoms with Crippen molar-refractivity contribution in [3.8, 4) is 0 Å². The number of hydrogen-bond donors (Lipinski definition) is 2. The molecule has 3 N–H and O–H groups in total. The number of alkyl halides is 3. The average Bonchev–Trinajstić information content (AvgIpc) is 3.21. The Kier molecular flexibility index (Phi) is 8.10. The first-order chi connectivity index (χ1) is 18.4. The smallest absolute Gasteiger partial charge is 0.366 e. The minimum absolute atomic E-state index is 0.0179. The number of aryl methyl sites for hydroxylation is 1. The molecule has 4 rings (SSSR count). The second-order valence-corrected chi connectivity index (χ2v) is 9.62. The molecule has 39 heavy (non-hydrogen) atoms. The summed E-state index contributed by atoms with van der Waals surface area (Å²) in [5, 5.41) is 2.86. The number of Topliss-reactive ketones (excluding diaryl/α,β-unsaturated/α-hetero) is 1. The summed E-state index contributed by atoms with van der Waals surface area (Å²) in [6.07, 6.45) is -4.57. The van der Waals surface area contributed by atoms with Crippen LogP contribution in [0, 0.1) is 13.8 Å². The molecule has 1 saturated heterocycles. The fourth-order valence-corrected chi connectivity index (χ4v) is 4.67. The zero-order valence-corrected chi connectivity index (χ0v) is 21.7. The fraction of sp³-hybridized carbons (Fsp3) is 0.321. The van der Waals surface area contributed by atoms with Crippen LogP contribution < -0.4 is 11.1 Å². The summed E-state index contributed by atoms with van der Waals surface area (Å²) in [4.78, 5) is 41.5. The number of aromatic nitrogens is 1. The standard InChI is InChI=1S/C28H30F3N5O3/c1-18-7-9-21(10-8-18)33-27(39)35-13-11-34(12-14-35)17-25(37)24-15-22(26(32)38)19(2)36(24)16-20-5-3-4-6-23(20)28(29,30)31/h3-10,15H,11-14,16-17H2,1-2H3,(H2,32,38)(H,33,39). The van der Waals surface area contributed by atoms with Crippen molar-refractivity contribution in [1.29, 1.82) is 0 Å². The monoisotopic (exact) mass is 541 g/mol. The van der Waals surface area contributed by atoms with Gasteiger partial charge in [-0.3, -0.25) is 14.5 Å². The maximum Gasteiger partial charge on any atom is 0.416 e. The van der Waals surface area contributed by atoms with Gasteiger partial charge in [0.25, 0.3) is 5.91 Å². The summed E-state index contributed by atoms with van der Waals surface area (Å²) in [5.41, 5.74) is 6.94. The van der Waals surface area contributed by atoms with Crippen molar-refractivity contribution in [3.63, 3.8) is 0 Å². The third-order valence-electron chi connectivity index (χ3n) is 6.90. The second-order valence-electron chi connectivity index (χ2n) is 9.62. The number of anilines is 1. The lowest BCUT2D eigenvalue weighted by atomic mass is 10.1. The van der Waals surface area contributed by atoms with Crippen LogP contribution in [0.3, 0.4) is 0 Å². The molecule has 1 fully saturated rings. The molecule has 1 aromatic heterocycles. The number of piperazine rings is 1. The van der Waals surface area contributed by atoms with E-state index in [-0.39, 0.29) is 41.7 Å². The van der Waals surface area contributed by atoms with E-state index in [0.717, 1.165) is 11.6 Å². The number of benzene rings is 2. The molecule has 0 unspecified atom stereocenters. The Hall–Kier alpha value is -4.12. The summed E-state index contributed by atoms with van der Waals surface area (Å²) in [7, 11) is 0. The highest BCUT2D eigenvalue weighted by Gasteiger charge is 2.33. The number of carbonyl (C=O) groups excluding carboxylic acids is 3. The van der Waals surface area contributed by atoms with Gasteiger partial charge in [0.2, 0.25) is 0 Å². The molecular weight excluding hydrogens is 511 g/mol.